The molecule has 1 aromatic heterocycles. The van der Waals surface area contributed by atoms with Crippen molar-refractivity contribution in [2.24, 2.45) is 5.92 Å². The van der Waals surface area contributed by atoms with Gasteiger partial charge >= 0.3 is 0 Å². The van der Waals surface area contributed by atoms with E-state index in [0.29, 0.717) is 26.1 Å². The van der Waals surface area contributed by atoms with Gasteiger partial charge in [0.05, 0.1) is 5.92 Å². The molecule has 0 aliphatic carbocycles. The lowest BCUT2D eigenvalue weighted by Gasteiger charge is -2.35. The lowest BCUT2D eigenvalue weighted by molar-refractivity contribution is -0.141. The molecule has 28 heavy (non-hydrogen) atoms. The van der Waals surface area contributed by atoms with Gasteiger partial charge in [-0.15, -0.1) is 0 Å². The molecule has 1 unspecified atom stereocenters. The predicted molar refractivity (Wildman–Crippen MR) is 109 cm³/mol. The van der Waals surface area contributed by atoms with E-state index in [1.807, 2.05) is 47.2 Å². The molecule has 2 aromatic rings. The van der Waals surface area contributed by atoms with Crippen LogP contribution in [0.1, 0.15) is 42.9 Å². The second-order valence-corrected chi connectivity index (χ2v) is 7.51. The summed E-state index contributed by atoms with van der Waals surface area (Å²) in [4.78, 5) is 33.5. The van der Waals surface area contributed by atoms with Crippen LogP contribution >= 0.6 is 0 Å². The van der Waals surface area contributed by atoms with Crippen molar-refractivity contribution in [3.63, 3.8) is 0 Å². The smallest absolute Gasteiger partial charge is 0.228 e. The number of carbonyl (C=O) groups excluding carboxylic acids is 2. The summed E-state index contributed by atoms with van der Waals surface area (Å²) in [5.41, 5.74) is 3.34. The number of likely N-dealkylation sites (tertiary alicyclic amines) is 1. The second kappa shape index (κ2) is 9.49. The molecule has 1 saturated heterocycles. The molecule has 0 spiro atoms. The molecule has 1 aliphatic heterocycles. The SMILES string of the molecule is CCC(=O)N1CCCC(C(=O)N(Cc2cccnc2)Cc2ccccc2C)C1. The quantitative estimate of drug-likeness (QED) is 0.771. The first-order chi connectivity index (χ1) is 13.6. The molecule has 1 aromatic carbocycles. The van der Waals surface area contributed by atoms with Gasteiger partial charge in [0.15, 0.2) is 0 Å². The van der Waals surface area contributed by atoms with Gasteiger partial charge in [-0.2, -0.15) is 0 Å². The van der Waals surface area contributed by atoms with Gasteiger partial charge in [0.1, 0.15) is 0 Å². The Kier molecular flexibility index (Phi) is 6.80. The fraction of sp³-hybridized carbons (Fsp3) is 0.435. The molecular weight excluding hydrogens is 350 g/mol. The topological polar surface area (TPSA) is 53.5 Å². The third kappa shape index (κ3) is 4.97. The molecule has 1 fully saturated rings. The van der Waals surface area contributed by atoms with Gasteiger partial charge in [-0.25, -0.2) is 0 Å². The van der Waals surface area contributed by atoms with Gasteiger partial charge in [-0.3, -0.25) is 14.6 Å². The highest BCUT2D eigenvalue weighted by Gasteiger charge is 2.31. The van der Waals surface area contributed by atoms with Crippen molar-refractivity contribution in [1.29, 1.82) is 0 Å². The Bertz CT molecular complexity index is 807. The van der Waals surface area contributed by atoms with Crippen molar-refractivity contribution in [2.45, 2.75) is 46.2 Å². The van der Waals surface area contributed by atoms with Crippen molar-refractivity contribution in [2.75, 3.05) is 13.1 Å². The van der Waals surface area contributed by atoms with Gasteiger partial charge in [0, 0.05) is 45.0 Å². The average molecular weight is 380 g/mol. The highest BCUT2D eigenvalue weighted by molar-refractivity contribution is 5.81. The summed E-state index contributed by atoms with van der Waals surface area (Å²) < 4.78 is 0. The summed E-state index contributed by atoms with van der Waals surface area (Å²) in [7, 11) is 0. The molecule has 0 saturated carbocycles. The number of piperidine rings is 1. The fourth-order valence-electron chi connectivity index (χ4n) is 3.80. The van der Waals surface area contributed by atoms with Crippen LogP contribution in [-0.4, -0.2) is 39.7 Å². The number of hydrogen-bond donors (Lipinski definition) is 0. The molecule has 3 rings (SSSR count). The minimum absolute atomic E-state index is 0.126. The van der Waals surface area contributed by atoms with Crippen LogP contribution < -0.4 is 0 Å². The Morgan fingerprint density at radius 1 is 1.18 bits per heavy atom. The summed E-state index contributed by atoms with van der Waals surface area (Å²) in [6.45, 7) is 6.34. The number of rotatable bonds is 6. The van der Waals surface area contributed by atoms with Gasteiger partial charge in [0.25, 0.3) is 0 Å². The molecule has 0 radical (unpaired) electrons. The highest BCUT2D eigenvalue weighted by atomic mass is 16.2. The average Bonchev–Trinajstić information content (AvgIpc) is 2.74. The van der Waals surface area contributed by atoms with E-state index < -0.39 is 0 Å². The van der Waals surface area contributed by atoms with Gasteiger partial charge in [-0.05, 0) is 42.5 Å². The number of amides is 2. The Morgan fingerprint density at radius 2 is 2.00 bits per heavy atom. The largest absolute Gasteiger partial charge is 0.342 e. The lowest BCUT2D eigenvalue weighted by atomic mass is 9.95. The first kappa shape index (κ1) is 20.1. The third-order valence-corrected chi connectivity index (χ3v) is 5.46. The van der Waals surface area contributed by atoms with Crippen molar-refractivity contribution in [3.8, 4) is 0 Å². The monoisotopic (exact) mass is 379 g/mol. The Balaban J connectivity index is 1.79. The second-order valence-electron chi connectivity index (χ2n) is 7.51. The maximum absolute atomic E-state index is 13.4. The van der Waals surface area contributed by atoms with Gasteiger partial charge < -0.3 is 9.80 Å². The summed E-state index contributed by atoms with van der Waals surface area (Å²) in [6, 6.07) is 12.1. The molecule has 0 N–H and O–H groups in total. The molecule has 5 nitrogen and oxygen atoms in total. The van der Waals surface area contributed by atoms with Crippen LogP contribution in [0.25, 0.3) is 0 Å². The summed E-state index contributed by atoms with van der Waals surface area (Å²) >= 11 is 0. The Morgan fingerprint density at radius 3 is 2.71 bits per heavy atom. The number of pyridine rings is 1. The third-order valence-electron chi connectivity index (χ3n) is 5.46. The number of nitrogens with zero attached hydrogens (tertiary/aromatic N) is 3. The fourth-order valence-corrected chi connectivity index (χ4v) is 3.80. The van der Waals surface area contributed by atoms with Crippen LogP contribution in [0.5, 0.6) is 0 Å². The number of hydrogen-bond acceptors (Lipinski definition) is 3. The number of carbonyl (C=O) groups is 2. The van der Waals surface area contributed by atoms with E-state index in [1.54, 1.807) is 6.20 Å². The summed E-state index contributed by atoms with van der Waals surface area (Å²) in [5, 5.41) is 0. The molecule has 0 bridgehead atoms. The van der Waals surface area contributed by atoms with E-state index in [9.17, 15) is 9.59 Å². The van der Waals surface area contributed by atoms with Crippen LogP contribution in [-0.2, 0) is 22.7 Å². The molecule has 2 heterocycles. The van der Waals surface area contributed by atoms with Crippen LogP contribution in [0, 0.1) is 12.8 Å². The Hall–Kier alpha value is -2.69. The Labute approximate surface area is 167 Å². The van der Waals surface area contributed by atoms with Crippen LogP contribution in [0.15, 0.2) is 48.8 Å². The van der Waals surface area contributed by atoms with E-state index in [0.717, 1.165) is 30.5 Å². The minimum atomic E-state index is -0.134. The van der Waals surface area contributed by atoms with Crippen molar-refractivity contribution in [1.82, 2.24) is 14.8 Å². The summed E-state index contributed by atoms with van der Waals surface area (Å²) in [6.07, 6.45) is 5.76. The maximum Gasteiger partial charge on any atom is 0.228 e. The zero-order valence-electron chi connectivity index (χ0n) is 16.8. The zero-order chi connectivity index (χ0) is 19.9. The first-order valence-corrected chi connectivity index (χ1v) is 10.1. The standard InChI is InChI=1S/C23H29N3O2/c1-3-22(27)25-13-7-11-21(17-25)23(28)26(15-19-9-6-12-24-14-19)16-20-10-5-4-8-18(20)2/h4-6,8-10,12,14,21H,3,7,11,13,15-17H2,1-2H3. The molecular formula is C23H29N3O2. The number of benzene rings is 1. The first-order valence-electron chi connectivity index (χ1n) is 10.1. The van der Waals surface area contributed by atoms with Crippen molar-refractivity contribution in [3.05, 3.63) is 65.5 Å². The molecule has 1 aliphatic rings. The normalized spacial score (nSPS) is 16.6. The van der Waals surface area contributed by atoms with E-state index in [4.69, 9.17) is 0 Å². The summed E-state index contributed by atoms with van der Waals surface area (Å²) in [5.74, 6) is 0.126. The number of aryl methyl sites for hydroxylation is 1. The van der Waals surface area contributed by atoms with Gasteiger partial charge in [0.2, 0.25) is 11.8 Å². The van der Waals surface area contributed by atoms with Crippen LogP contribution in [0.2, 0.25) is 0 Å². The molecule has 2 amide bonds. The predicted octanol–water partition coefficient (Wildman–Crippen LogP) is 3.57. The minimum Gasteiger partial charge on any atom is -0.342 e. The van der Waals surface area contributed by atoms with Crippen LogP contribution in [0.4, 0.5) is 0 Å². The van der Waals surface area contributed by atoms with Crippen LogP contribution in [0.3, 0.4) is 0 Å². The molecule has 1 atom stereocenters. The van der Waals surface area contributed by atoms with Gasteiger partial charge in [-0.1, -0.05) is 37.3 Å². The maximum atomic E-state index is 13.4. The van der Waals surface area contributed by atoms with Crippen molar-refractivity contribution >= 4 is 11.8 Å². The van der Waals surface area contributed by atoms with Crippen molar-refractivity contribution < 1.29 is 9.59 Å². The van der Waals surface area contributed by atoms with E-state index in [1.165, 1.54) is 5.56 Å². The number of aromatic nitrogens is 1. The highest BCUT2D eigenvalue weighted by Crippen LogP contribution is 2.22. The molecule has 5 heteroatoms. The van der Waals surface area contributed by atoms with E-state index >= 15 is 0 Å². The van der Waals surface area contributed by atoms with E-state index in [-0.39, 0.29) is 17.7 Å². The van der Waals surface area contributed by atoms with E-state index in [2.05, 4.69) is 24.0 Å². The zero-order valence-corrected chi connectivity index (χ0v) is 16.8. The molecule has 148 valence electrons. The lowest BCUT2D eigenvalue weighted by Crippen LogP contribution is -2.46.